The third kappa shape index (κ3) is 1.46. The number of fused-ring (bicyclic) bond motifs is 1. The van der Waals surface area contributed by atoms with Gasteiger partial charge in [-0.2, -0.15) is 0 Å². The third-order valence-electron chi connectivity index (χ3n) is 2.43. The number of hydrogen-bond acceptors (Lipinski definition) is 5. The molecule has 0 saturated carbocycles. The molecule has 0 N–H and O–H groups in total. The fraction of sp³-hybridized carbons (Fsp3) is 0.889. The molecular weight excluding hydrogens is 188 g/mol. The molecule has 0 unspecified atom stereocenters. The van der Waals surface area contributed by atoms with E-state index in [2.05, 4.69) is 0 Å². The highest BCUT2D eigenvalue weighted by Crippen LogP contribution is 2.37. The summed E-state index contributed by atoms with van der Waals surface area (Å²) < 4.78 is 21.5. The first-order valence-corrected chi connectivity index (χ1v) is 4.56. The molecule has 2 aliphatic heterocycles. The zero-order valence-corrected chi connectivity index (χ0v) is 8.43. The second-order valence-electron chi connectivity index (χ2n) is 3.91. The summed E-state index contributed by atoms with van der Waals surface area (Å²) >= 11 is 0. The van der Waals surface area contributed by atoms with Gasteiger partial charge in [0, 0.05) is 7.11 Å². The van der Waals surface area contributed by atoms with Crippen LogP contribution in [0.3, 0.4) is 0 Å². The van der Waals surface area contributed by atoms with Gasteiger partial charge in [-0.1, -0.05) is 0 Å². The fourth-order valence-corrected chi connectivity index (χ4v) is 1.88. The number of aldehydes is 1. The van der Waals surface area contributed by atoms with Gasteiger partial charge in [-0.05, 0) is 13.8 Å². The number of methoxy groups -OCH3 is 1. The van der Waals surface area contributed by atoms with Crippen LogP contribution in [0.25, 0.3) is 0 Å². The molecule has 0 aromatic rings. The molecule has 0 bridgehead atoms. The van der Waals surface area contributed by atoms with Gasteiger partial charge in [0.25, 0.3) is 0 Å². The molecule has 2 aliphatic rings. The summed E-state index contributed by atoms with van der Waals surface area (Å²) in [6.45, 7) is 3.61. The van der Waals surface area contributed by atoms with Crippen LogP contribution in [-0.2, 0) is 23.7 Å². The van der Waals surface area contributed by atoms with Gasteiger partial charge in [0.2, 0.25) is 0 Å². The number of hydrogen-bond donors (Lipinski definition) is 0. The second-order valence-corrected chi connectivity index (χ2v) is 3.91. The van der Waals surface area contributed by atoms with Crippen LogP contribution in [0.5, 0.6) is 0 Å². The van der Waals surface area contributed by atoms with Crippen molar-refractivity contribution in [2.45, 2.75) is 44.2 Å². The van der Waals surface area contributed by atoms with E-state index in [4.69, 9.17) is 18.9 Å². The van der Waals surface area contributed by atoms with Crippen LogP contribution in [0.2, 0.25) is 0 Å². The molecule has 0 amide bonds. The number of carbonyl (C=O) groups is 1. The standard InChI is InChI=1S/C9H14O5/c1-9(2)13-7-6(11-3)5(4-10)12-8(7)14-9/h4-8H,1-3H3/t5-,6-,7-,8-/m1/s1. The van der Waals surface area contributed by atoms with Crippen LogP contribution in [0.4, 0.5) is 0 Å². The van der Waals surface area contributed by atoms with Crippen molar-refractivity contribution >= 4 is 6.29 Å². The van der Waals surface area contributed by atoms with Crippen molar-refractivity contribution in [3.63, 3.8) is 0 Å². The summed E-state index contributed by atoms with van der Waals surface area (Å²) in [5.74, 6) is -0.667. The highest BCUT2D eigenvalue weighted by Gasteiger charge is 2.55. The Labute approximate surface area is 82.3 Å². The van der Waals surface area contributed by atoms with Gasteiger partial charge >= 0.3 is 0 Å². The number of rotatable bonds is 2. The van der Waals surface area contributed by atoms with Crippen molar-refractivity contribution in [1.82, 2.24) is 0 Å². The van der Waals surface area contributed by atoms with Gasteiger partial charge in [0.1, 0.15) is 18.3 Å². The minimum Gasteiger partial charge on any atom is -0.375 e. The van der Waals surface area contributed by atoms with Crippen molar-refractivity contribution in [3.05, 3.63) is 0 Å². The normalized spacial score (nSPS) is 45.1. The summed E-state index contributed by atoms with van der Waals surface area (Å²) in [6.07, 6.45) is -1.06. The first-order chi connectivity index (χ1) is 6.57. The minimum absolute atomic E-state index is 0.315. The molecule has 2 heterocycles. The van der Waals surface area contributed by atoms with Gasteiger partial charge in [0.15, 0.2) is 18.4 Å². The Balaban J connectivity index is 2.13. The molecule has 4 atom stereocenters. The highest BCUT2D eigenvalue weighted by atomic mass is 16.8. The van der Waals surface area contributed by atoms with E-state index in [1.165, 1.54) is 7.11 Å². The zero-order chi connectivity index (χ0) is 10.3. The Morgan fingerprint density at radius 2 is 2.07 bits per heavy atom. The molecule has 2 rings (SSSR count). The monoisotopic (exact) mass is 202 g/mol. The maximum atomic E-state index is 10.7. The lowest BCUT2D eigenvalue weighted by Gasteiger charge is -2.22. The Morgan fingerprint density at radius 1 is 1.36 bits per heavy atom. The van der Waals surface area contributed by atoms with Gasteiger partial charge in [0.05, 0.1) is 0 Å². The molecule has 0 radical (unpaired) electrons. The predicted molar refractivity (Wildman–Crippen MR) is 45.6 cm³/mol. The topological polar surface area (TPSA) is 54.0 Å². The van der Waals surface area contributed by atoms with Crippen molar-refractivity contribution in [3.8, 4) is 0 Å². The van der Waals surface area contributed by atoms with Crippen molar-refractivity contribution < 1.29 is 23.7 Å². The third-order valence-corrected chi connectivity index (χ3v) is 2.43. The van der Waals surface area contributed by atoms with E-state index in [0.29, 0.717) is 6.29 Å². The first kappa shape index (κ1) is 10.0. The molecule has 2 saturated heterocycles. The van der Waals surface area contributed by atoms with Crippen molar-refractivity contribution in [1.29, 1.82) is 0 Å². The average Bonchev–Trinajstić information content (AvgIpc) is 2.55. The van der Waals surface area contributed by atoms with Gasteiger partial charge in [-0.3, -0.25) is 0 Å². The van der Waals surface area contributed by atoms with Crippen LogP contribution in [-0.4, -0.2) is 43.8 Å². The molecule has 14 heavy (non-hydrogen) atoms. The molecular formula is C9H14O5. The fourth-order valence-electron chi connectivity index (χ4n) is 1.88. The van der Waals surface area contributed by atoms with Crippen molar-refractivity contribution in [2.75, 3.05) is 7.11 Å². The molecule has 5 heteroatoms. The maximum absolute atomic E-state index is 10.7. The molecule has 0 aromatic carbocycles. The lowest BCUT2D eigenvalue weighted by atomic mass is 10.1. The van der Waals surface area contributed by atoms with E-state index in [1.807, 2.05) is 0 Å². The van der Waals surface area contributed by atoms with Crippen LogP contribution in [0.15, 0.2) is 0 Å². The van der Waals surface area contributed by atoms with E-state index in [-0.39, 0.29) is 12.2 Å². The van der Waals surface area contributed by atoms with Gasteiger partial charge in [-0.25, -0.2) is 0 Å². The molecule has 0 aliphatic carbocycles. The summed E-state index contributed by atoms with van der Waals surface area (Å²) in [4.78, 5) is 10.7. The molecule has 80 valence electrons. The predicted octanol–water partition coefficient (Wildman–Crippen LogP) is 0.0767. The minimum atomic E-state index is -0.667. The van der Waals surface area contributed by atoms with E-state index < -0.39 is 18.2 Å². The maximum Gasteiger partial charge on any atom is 0.190 e. The molecule has 2 fully saturated rings. The van der Waals surface area contributed by atoms with Crippen LogP contribution in [0.1, 0.15) is 13.8 Å². The molecule has 0 spiro atoms. The first-order valence-electron chi connectivity index (χ1n) is 4.56. The van der Waals surface area contributed by atoms with E-state index in [0.717, 1.165) is 0 Å². The number of carbonyl (C=O) groups excluding carboxylic acids is 1. The zero-order valence-electron chi connectivity index (χ0n) is 8.43. The van der Waals surface area contributed by atoms with Crippen molar-refractivity contribution in [2.24, 2.45) is 0 Å². The Kier molecular flexibility index (Phi) is 2.35. The van der Waals surface area contributed by atoms with Crippen LogP contribution >= 0.6 is 0 Å². The summed E-state index contributed by atoms with van der Waals surface area (Å²) in [5.41, 5.74) is 0. The van der Waals surface area contributed by atoms with E-state index >= 15 is 0 Å². The van der Waals surface area contributed by atoms with E-state index in [9.17, 15) is 4.79 Å². The van der Waals surface area contributed by atoms with Gasteiger partial charge < -0.3 is 23.7 Å². The lowest BCUT2D eigenvalue weighted by molar-refractivity contribution is -0.213. The highest BCUT2D eigenvalue weighted by molar-refractivity contribution is 5.58. The Bertz CT molecular complexity index is 239. The van der Waals surface area contributed by atoms with Gasteiger partial charge in [-0.15, -0.1) is 0 Å². The van der Waals surface area contributed by atoms with E-state index in [1.54, 1.807) is 13.8 Å². The summed E-state index contributed by atoms with van der Waals surface area (Å²) in [6, 6.07) is 0. The smallest absolute Gasteiger partial charge is 0.190 e. The van der Waals surface area contributed by atoms with Crippen LogP contribution in [0, 0.1) is 0 Å². The molecule has 5 nitrogen and oxygen atoms in total. The quantitative estimate of drug-likeness (QED) is 0.593. The SMILES string of the molecule is CO[C@H]1[C@H]2OC(C)(C)O[C@H]2O[C@@H]1C=O. The largest absolute Gasteiger partial charge is 0.375 e. The van der Waals surface area contributed by atoms with Crippen LogP contribution < -0.4 is 0 Å². The molecule has 0 aromatic heterocycles. The number of ether oxygens (including phenoxy) is 4. The average molecular weight is 202 g/mol. The lowest BCUT2D eigenvalue weighted by Crippen LogP contribution is -2.36. The Hall–Kier alpha value is -0.490. The summed E-state index contributed by atoms with van der Waals surface area (Å²) in [5, 5.41) is 0. The summed E-state index contributed by atoms with van der Waals surface area (Å²) in [7, 11) is 1.53. The Morgan fingerprint density at radius 3 is 2.64 bits per heavy atom. The second kappa shape index (κ2) is 3.27.